The number of carbonyl (C=O) groups excluding carboxylic acids is 1. The minimum absolute atomic E-state index is 0.0772. The largest absolute Gasteiger partial charge is 0.482 e. The summed E-state index contributed by atoms with van der Waals surface area (Å²) >= 11 is 9.69. The van der Waals surface area contributed by atoms with Crippen LogP contribution in [-0.2, 0) is 5.60 Å². The fourth-order valence-corrected chi connectivity index (χ4v) is 3.41. The number of rotatable bonds is 1. The van der Waals surface area contributed by atoms with Crippen LogP contribution in [0, 0.1) is 0 Å². The Morgan fingerprint density at radius 2 is 2.00 bits per heavy atom. The third-order valence-corrected chi connectivity index (χ3v) is 4.33. The highest BCUT2D eigenvalue weighted by atomic mass is 79.9. The second-order valence-corrected chi connectivity index (χ2v) is 6.38. The molecule has 1 atom stereocenters. The number of Topliss-reactive ketones (excluding diaryl/α,β-unsaturated/α-hetero) is 1. The molecule has 4 heteroatoms. The van der Waals surface area contributed by atoms with Crippen LogP contribution in [0.2, 0.25) is 5.02 Å². The third kappa shape index (κ3) is 2.25. The highest BCUT2D eigenvalue weighted by Gasteiger charge is 2.39. The fraction of sp³-hybridized carbons (Fsp3) is 0.188. The van der Waals surface area contributed by atoms with Gasteiger partial charge in [0.2, 0.25) is 0 Å². The Balaban J connectivity index is 2.08. The van der Waals surface area contributed by atoms with Crippen molar-refractivity contribution in [2.45, 2.75) is 18.9 Å². The Morgan fingerprint density at radius 3 is 2.75 bits per heavy atom. The number of ether oxygens (including phenoxy) is 1. The summed E-state index contributed by atoms with van der Waals surface area (Å²) in [4.78, 5) is 12.3. The van der Waals surface area contributed by atoms with Gasteiger partial charge in [0.05, 0.1) is 12.0 Å². The monoisotopic (exact) mass is 350 g/mol. The zero-order valence-electron chi connectivity index (χ0n) is 10.8. The van der Waals surface area contributed by atoms with Crippen molar-refractivity contribution >= 4 is 33.3 Å². The SMILES string of the molecule is CC1(c2ccc(Br)cc2Cl)CC(=O)c2ccccc2O1. The quantitative estimate of drug-likeness (QED) is 0.724. The summed E-state index contributed by atoms with van der Waals surface area (Å²) in [6.07, 6.45) is 0.283. The lowest BCUT2D eigenvalue weighted by molar-refractivity contribution is 0.0504. The van der Waals surface area contributed by atoms with Gasteiger partial charge in [0.25, 0.3) is 0 Å². The van der Waals surface area contributed by atoms with E-state index >= 15 is 0 Å². The van der Waals surface area contributed by atoms with E-state index in [9.17, 15) is 4.79 Å². The summed E-state index contributed by atoms with van der Waals surface area (Å²) in [6, 6.07) is 12.9. The maximum Gasteiger partial charge on any atom is 0.170 e. The van der Waals surface area contributed by atoms with Crippen molar-refractivity contribution < 1.29 is 9.53 Å². The third-order valence-electron chi connectivity index (χ3n) is 3.52. The molecule has 0 radical (unpaired) electrons. The molecule has 20 heavy (non-hydrogen) atoms. The first-order valence-electron chi connectivity index (χ1n) is 6.26. The Kier molecular flexibility index (Phi) is 3.35. The van der Waals surface area contributed by atoms with Crippen LogP contribution in [0.25, 0.3) is 0 Å². The summed E-state index contributed by atoms with van der Waals surface area (Å²) < 4.78 is 6.98. The van der Waals surface area contributed by atoms with E-state index in [4.69, 9.17) is 16.3 Å². The highest BCUT2D eigenvalue weighted by molar-refractivity contribution is 9.10. The van der Waals surface area contributed by atoms with Gasteiger partial charge in [0, 0.05) is 15.1 Å². The average molecular weight is 352 g/mol. The molecule has 1 aliphatic heterocycles. The number of fused-ring (bicyclic) bond motifs is 1. The van der Waals surface area contributed by atoms with Crippen molar-refractivity contribution in [3.63, 3.8) is 0 Å². The van der Waals surface area contributed by atoms with Crippen LogP contribution in [-0.4, -0.2) is 5.78 Å². The van der Waals surface area contributed by atoms with Crippen molar-refractivity contribution in [2.24, 2.45) is 0 Å². The van der Waals surface area contributed by atoms with Crippen LogP contribution < -0.4 is 4.74 Å². The molecule has 0 spiro atoms. The molecule has 0 N–H and O–H groups in total. The van der Waals surface area contributed by atoms with Gasteiger partial charge in [-0.15, -0.1) is 0 Å². The van der Waals surface area contributed by atoms with Gasteiger partial charge < -0.3 is 4.74 Å². The minimum Gasteiger partial charge on any atom is -0.482 e. The van der Waals surface area contributed by atoms with E-state index < -0.39 is 5.60 Å². The molecule has 2 nitrogen and oxygen atoms in total. The number of para-hydroxylation sites is 1. The van der Waals surface area contributed by atoms with Gasteiger partial charge in [-0.2, -0.15) is 0 Å². The summed E-state index contributed by atoms with van der Waals surface area (Å²) in [6.45, 7) is 1.90. The molecule has 0 amide bonds. The Labute approximate surface area is 130 Å². The van der Waals surface area contributed by atoms with Crippen LogP contribution in [0.3, 0.4) is 0 Å². The van der Waals surface area contributed by atoms with E-state index in [0.717, 1.165) is 10.0 Å². The van der Waals surface area contributed by atoms with Gasteiger partial charge in [-0.05, 0) is 31.2 Å². The summed E-state index contributed by atoms with van der Waals surface area (Å²) in [5.74, 6) is 0.693. The van der Waals surface area contributed by atoms with Crippen molar-refractivity contribution in [2.75, 3.05) is 0 Å². The lowest BCUT2D eigenvalue weighted by atomic mass is 9.85. The van der Waals surface area contributed by atoms with Gasteiger partial charge in [0.15, 0.2) is 5.78 Å². The topological polar surface area (TPSA) is 26.3 Å². The van der Waals surface area contributed by atoms with Crippen molar-refractivity contribution in [3.8, 4) is 5.75 Å². The maximum absolute atomic E-state index is 12.3. The van der Waals surface area contributed by atoms with Gasteiger partial charge >= 0.3 is 0 Å². The molecule has 1 heterocycles. The fourth-order valence-electron chi connectivity index (χ4n) is 2.53. The van der Waals surface area contributed by atoms with Crippen molar-refractivity contribution in [1.29, 1.82) is 0 Å². The molecule has 0 saturated carbocycles. The van der Waals surface area contributed by atoms with Crippen LogP contribution in [0.15, 0.2) is 46.9 Å². The number of benzene rings is 2. The first-order valence-corrected chi connectivity index (χ1v) is 7.43. The number of ketones is 1. The van der Waals surface area contributed by atoms with E-state index in [2.05, 4.69) is 15.9 Å². The normalized spacial score (nSPS) is 21.2. The summed E-state index contributed by atoms with van der Waals surface area (Å²) in [5.41, 5.74) is 0.729. The van der Waals surface area contributed by atoms with Crippen LogP contribution in [0.1, 0.15) is 29.3 Å². The predicted molar refractivity (Wildman–Crippen MR) is 82.5 cm³/mol. The molecule has 3 rings (SSSR count). The second-order valence-electron chi connectivity index (χ2n) is 5.05. The minimum atomic E-state index is -0.733. The lowest BCUT2D eigenvalue weighted by Gasteiger charge is -2.35. The zero-order valence-corrected chi connectivity index (χ0v) is 13.2. The number of carbonyl (C=O) groups is 1. The Morgan fingerprint density at radius 1 is 1.25 bits per heavy atom. The standard InChI is InChI=1S/C16H12BrClO2/c1-16(12-7-6-10(17)8-13(12)18)9-14(19)11-4-2-3-5-15(11)20-16/h2-8H,9H2,1H3. The van der Waals surface area contributed by atoms with Crippen molar-refractivity contribution in [1.82, 2.24) is 0 Å². The number of hydrogen-bond acceptors (Lipinski definition) is 2. The van der Waals surface area contributed by atoms with E-state index in [1.54, 1.807) is 6.07 Å². The number of hydrogen-bond donors (Lipinski definition) is 0. The Hall–Kier alpha value is -1.32. The molecule has 102 valence electrons. The second kappa shape index (κ2) is 4.90. The molecule has 0 saturated heterocycles. The number of halogens is 2. The van der Waals surface area contributed by atoms with Gasteiger partial charge in [0.1, 0.15) is 11.4 Å². The van der Waals surface area contributed by atoms with Gasteiger partial charge in [-0.3, -0.25) is 4.79 Å². The maximum atomic E-state index is 12.3. The van der Waals surface area contributed by atoms with Gasteiger partial charge in [-0.1, -0.05) is 45.7 Å². The van der Waals surface area contributed by atoms with Crippen LogP contribution >= 0.6 is 27.5 Å². The molecule has 0 aromatic heterocycles. The average Bonchev–Trinajstić information content (AvgIpc) is 2.38. The zero-order chi connectivity index (χ0) is 14.3. The molecule has 2 aromatic rings. The van der Waals surface area contributed by atoms with E-state index in [1.165, 1.54) is 0 Å². The first kappa shape index (κ1) is 13.7. The Bertz CT molecular complexity index is 699. The molecule has 2 aromatic carbocycles. The molecule has 1 unspecified atom stereocenters. The molecule has 0 fully saturated rings. The molecular weight excluding hydrogens is 340 g/mol. The predicted octanol–water partition coefficient (Wildman–Crippen LogP) is 4.98. The van der Waals surface area contributed by atoms with E-state index in [-0.39, 0.29) is 12.2 Å². The smallest absolute Gasteiger partial charge is 0.170 e. The van der Waals surface area contributed by atoms with E-state index in [1.807, 2.05) is 43.3 Å². The lowest BCUT2D eigenvalue weighted by Crippen LogP contribution is -2.36. The highest BCUT2D eigenvalue weighted by Crippen LogP contribution is 2.42. The van der Waals surface area contributed by atoms with E-state index in [0.29, 0.717) is 16.3 Å². The first-order chi connectivity index (χ1) is 9.49. The van der Waals surface area contributed by atoms with Gasteiger partial charge in [-0.25, -0.2) is 0 Å². The molecule has 0 aliphatic carbocycles. The molecule has 1 aliphatic rings. The van der Waals surface area contributed by atoms with Crippen LogP contribution in [0.4, 0.5) is 0 Å². The molecular formula is C16H12BrClO2. The van der Waals surface area contributed by atoms with Crippen LogP contribution in [0.5, 0.6) is 5.75 Å². The summed E-state index contributed by atoms with van der Waals surface area (Å²) in [7, 11) is 0. The molecule has 0 bridgehead atoms. The van der Waals surface area contributed by atoms with Crippen molar-refractivity contribution in [3.05, 3.63) is 63.1 Å². The summed E-state index contributed by atoms with van der Waals surface area (Å²) in [5, 5.41) is 0.592.